The van der Waals surface area contributed by atoms with Gasteiger partial charge in [0, 0.05) is 17.9 Å². The van der Waals surface area contributed by atoms with E-state index >= 15 is 0 Å². The van der Waals surface area contributed by atoms with E-state index in [0.29, 0.717) is 41.1 Å². The molecule has 0 spiro atoms. The van der Waals surface area contributed by atoms with Gasteiger partial charge in [0.15, 0.2) is 5.17 Å². The van der Waals surface area contributed by atoms with Gasteiger partial charge in [-0.3, -0.25) is 14.7 Å². The van der Waals surface area contributed by atoms with Crippen molar-refractivity contribution in [1.82, 2.24) is 4.90 Å². The van der Waals surface area contributed by atoms with Gasteiger partial charge < -0.3 is 4.74 Å². The molecule has 0 aliphatic carbocycles. The van der Waals surface area contributed by atoms with E-state index in [1.165, 1.54) is 11.8 Å². The average molecular weight is 437 g/mol. The number of halogens is 2. The van der Waals surface area contributed by atoms with E-state index in [1.807, 2.05) is 36.4 Å². The molecule has 3 rings (SSSR count). The topological polar surface area (TPSA) is 41.9 Å². The van der Waals surface area contributed by atoms with Crippen molar-refractivity contribution in [2.45, 2.75) is 25.5 Å². The molecule has 0 unspecified atom stereocenters. The van der Waals surface area contributed by atoms with Gasteiger partial charge in [0.05, 0.1) is 23.2 Å². The standard InChI is InChI=1S/C21H22Cl2N2O2S/c1-2-3-12-27-17-7-5-16(6-8-17)20(26)25-11-10-24-21(25)28-14-15-4-9-18(22)19(23)13-15/h4-9,13H,2-3,10-12,14H2,1H3. The van der Waals surface area contributed by atoms with Crippen LogP contribution in [-0.4, -0.2) is 35.7 Å². The molecule has 2 aromatic rings. The lowest BCUT2D eigenvalue weighted by molar-refractivity contribution is 0.0860. The number of ether oxygens (including phenoxy) is 1. The van der Waals surface area contributed by atoms with Crippen molar-refractivity contribution in [2.75, 3.05) is 19.7 Å². The summed E-state index contributed by atoms with van der Waals surface area (Å²) in [5.41, 5.74) is 1.67. The molecule has 1 aliphatic rings. The fourth-order valence-corrected chi connectivity index (χ4v) is 4.01. The molecule has 0 saturated carbocycles. The van der Waals surface area contributed by atoms with Crippen LogP contribution in [0.4, 0.5) is 0 Å². The summed E-state index contributed by atoms with van der Waals surface area (Å²) in [6, 6.07) is 12.9. The summed E-state index contributed by atoms with van der Waals surface area (Å²) in [5, 5.41) is 1.80. The summed E-state index contributed by atoms with van der Waals surface area (Å²) in [7, 11) is 0. The Morgan fingerprint density at radius 1 is 1.18 bits per heavy atom. The van der Waals surface area contributed by atoms with Crippen LogP contribution >= 0.6 is 35.0 Å². The maximum atomic E-state index is 12.9. The van der Waals surface area contributed by atoms with E-state index in [1.54, 1.807) is 11.0 Å². The van der Waals surface area contributed by atoms with Crippen LogP contribution < -0.4 is 4.74 Å². The summed E-state index contributed by atoms with van der Waals surface area (Å²) in [4.78, 5) is 19.1. The number of amides is 1. The minimum Gasteiger partial charge on any atom is -0.494 e. The fourth-order valence-electron chi connectivity index (χ4n) is 2.70. The number of thioether (sulfide) groups is 1. The molecule has 0 atom stereocenters. The van der Waals surface area contributed by atoms with Gasteiger partial charge in [-0.25, -0.2) is 0 Å². The smallest absolute Gasteiger partial charge is 0.259 e. The third-order valence-corrected chi connectivity index (χ3v) is 6.09. The Labute approximate surface area is 179 Å². The van der Waals surface area contributed by atoms with Crippen molar-refractivity contribution < 1.29 is 9.53 Å². The van der Waals surface area contributed by atoms with Crippen LogP contribution in [0.15, 0.2) is 47.5 Å². The maximum absolute atomic E-state index is 12.9. The predicted molar refractivity (Wildman–Crippen MR) is 118 cm³/mol. The van der Waals surface area contributed by atoms with E-state index < -0.39 is 0 Å². The lowest BCUT2D eigenvalue weighted by Gasteiger charge is -2.18. The minimum atomic E-state index is -0.0435. The average Bonchev–Trinajstić information content (AvgIpc) is 3.18. The van der Waals surface area contributed by atoms with Gasteiger partial charge in [-0.15, -0.1) is 0 Å². The van der Waals surface area contributed by atoms with Crippen LogP contribution in [0.2, 0.25) is 10.0 Å². The zero-order chi connectivity index (χ0) is 19.9. The van der Waals surface area contributed by atoms with Gasteiger partial charge in [-0.1, -0.05) is 54.4 Å². The summed E-state index contributed by atoms with van der Waals surface area (Å²) < 4.78 is 5.66. The normalized spacial score (nSPS) is 13.5. The first kappa shape index (κ1) is 21.0. The molecule has 0 N–H and O–H groups in total. The second kappa shape index (κ2) is 10.2. The highest BCUT2D eigenvalue weighted by atomic mass is 35.5. The molecule has 0 saturated heterocycles. The minimum absolute atomic E-state index is 0.0435. The number of nitrogens with zero attached hydrogens (tertiary/aromatic N) is 2. The number of rotatable bonds is 7. The molecule has 0 fully saturated rings. The predicted octanol–water partition coefficient (Wildman–Crippen LogP) is 5.92. The fraction of sp³-hybridized carbons (Fsp3) is 0.333. The Balaban J connectivity index is 1.60. The number of carbonyl (C=O) groups is 1. The molecule has 4 nitrogen and oxygen atoms in total. The largest absolute Gasteiger partial charge is 0.494 e. The Morgan fingerprint density at radius 3 is 2.68 bits per heavy atom. The highest BCUT2D eigenvalue weighted by Crippen LogP contribution is 2.27. The van der Waals surface area contributed by atoms with Crippen LogP contribution in [0.5, 0.6) is 5.75 Å². The molecule has 7 heteroatoms. The van der Waals surface area contributed by atoms with Crippen LogP contribution in [0.1, 0.15) is 35.7 Å². The van der Waals surface area contributed by atoms with E-state index in [0.717, 1.165) is 29.3 Å². The van der Waals surface area contributed by atoms with Gasteiger partial charge in [0.25, 0.3) is 5.91 Å². The highest BCUT2D eigenvalue weighted by Gasteiger charge is 2.25. The van der Waals surface area contributed by atoms with Gasteiger partial charge in [0.2, 0.25) is 0 Å². The third-order valence-electron chi connectivity index (χ3n) is 4.27. The Hall–Kier alpha value is -1.69. The van der Waals surface area contributed by atoms with E-state index in [-0.39, 0.29) is 5.91 Å². The van der Waals surface area contributed by atoms with Crippen LogP contribution in [0.3, 0.4) is 0 Å². The van der Waals surface area contributed by atoms with Crippen molar-refractivity contribution in [3.63, 3.8) is 0 Å². The van der Waals surface area contributed by atoms with Crippen molar-refractivity contribution in [1.29, 1.82) is 0 Å². The van der Waals surface area contributed by atoms with Crippen molar-refractivity contribution >= 4 is 46.0 Å². The molecule has 1 amide bonds. The molecule has 28 heavy (non-hydrogen) atoms. The molecule has 1 aliphatic heterocycles. The number of carbonyl (C=O) groups excluding carboxylic acids is 1. The molecular formula is C21H22Cl2N2O2S. The number of unbranched alkanes of at least 4 members (excludes halogenated alkanes) is 1. The number of benzene rings is 2. The first-order valence-electron chi connectivity index (χ1n) is 9.24. The first-order valence-corrected chi connectivity index (χ1v) is 11.0. The zero-order valence-corrected chi connectivity index (χ0v) is 18.0. The monoisotopic (exact) mass is 436 g/mol. The summed E-state index contributed by atoms with van der Waals surface area (Å²) >= 11 is 13.6. The molecule has 148 valence electrons. The Bertz CT molecular complexity index is 856. The third kappa shape index (κ3) is 5.43. The second-order valence-corrected chi connectivity index (χ2v) is 8.14. The van der Waals surface area contributed by atoms with E-state index in [2.05, 4.69) is 11.9 Å². The molecule has 2 aromatic carbocycles. The van der Waals surface area contributed by atoms with Gasteiger partial charge in [-0.2, -0.15) is 0 Å². The van der Waals surface area contributed by atoms with Crippen LogP contribution in [-0.2, 0) is 5.75 Å². The van der Waals surface area contributed by atoms with E-state index in [4.69, 9.17) is 27.9 Å². The summed E-state index contributed by atoms with van der Waals surface area (Å²) in [5.74, 6) is 1.41. The molecule has 1 heterocycles. The number of aliphatic imine (C=N–C) groups is 1. The SMILES string of the molecule is CCCCOc1ccc(C(=O)N2CCN=C2SCc2ccc(Cl)c(Cl)c2)cc1. The number of hydrogen-bond acceptors (Lipinski definition) is 4. The van der Waals surface area contributed by atoms with E-state index in [9.17, 15) is 4.79 Å². The number of amidine groups is 1. The molecule has 0 radical (unpaired) electrons. The Morgan fingerprint density at radius 2 is 1.96 bits per heavy atom. The molecule has 0 aromatic heterocycles. The van der Waals surface area contributed by atoms with Gasteiger partial charge in [-0.05, 0) is 48.4 Å². The summed E-state index contributed by atoms with van der Waals surface area (Å²) in [6.45, 7) is 4.03. The molecular weight excluding hydrogens is 415 g/mol. The first-order chi connectivity index (χ1) is 13.6. The lowest BCUT2D eigenvalue weighted by atomic mass is 10.2. The zero-order valence-electron chi connectivity index (χ0n) is 15.7. The lowest BCUT2D eigenvalue weighted by Crippen LogP contribution is -2.32. The highest BCUT2D eigenvalue weighted by molar-refractivity contribution is 8.13. The van der Waals surface area contributed by atoms with Gasteiger partial charge >= 0.3 is 0 Å². The van der Waals surface area contributed by atoms with Crippen LogP contribution in [0, 0.1) is 0 Å². The summed E-state index contributed by atoms with van der Waals surface area (Å²) in [6.07, 6.45) is 2.11. The van der Waals surface area contributed by atoms with Gasteiger partial charge in [0.1, 0.15) is 5.75 Å². The van der Waals surface area contributed by atoms with Crippen molar-refractivity contribution in [2.24, 2.45) is 4.99 Å². The van der Waals surface area contributed by atoms with Crippen molar-refractivity contribution in [3.05, 3.63) is 63.6 Å². The second-order valence-electron chi connectivity index (χ2n) is 6.38. The maximum Gasteiger partial charge on any atom is 0.259 e. The quantitative estimate of drug-likeness (QED) is 0.505. The number of hydrogen-bond donors (Lipinski definition) is 0. The van der Waals surface area contributed by atoms with Crippen molar-refractivity contribution in [3.8, 4) is 5.75 Å². The Kier molecular flexibility index (Phi) is 7.65. The van der Waals surface area contributed by atoms with Crippen LogP contribution in [0.25, 0.3) is 0 Å². The molecule has 0 bridgehead atoms.